The van der Waals surface area contributed by atoms with Crippen LogP contribution in [0.4, 0.5) is 22.0 Å². The Morgan fingerprint density at radius 3 is 2.55 bits per heavy atom. The molecular formula is C20H15F5N4O2. The summed E-state index contributed by atoms with van der Waals surface area (Å²) in [6.07, 6.45) is -1.33. The first-order chi connectivity index (χ1) is 14.6. The molecule has 1 aliphatic carbocycles. The molecule has 4 rings (SSSR count). The Morgan fingerprint density at radius 2 is 1.94 bits per heavy atom. The van der Waals surface area contributed by atoms with Gasteiger partial charge in [0, 0.05) is 24.2 Å². The van der Waals surface area contributed by atoms with E-state index in [9.17, 15) is 22.4 Å². The number of alkyl halides is 4. The van der Waals surface area contributed by atoms with E-state index in [1.807, 2.05) is 0 Å². The normalized spacial score (nSPS) is 22.9. The minimum atomic E-state index is -4.55. The van der Waals surface area contributed by atoms with Gasteiger partial charge >= 0.3 is 6.18 Å². The van der Waals surface area contributed by atoms with Crippen molar-refractivity contribution < 1.29 is 32.0 Å². The lowest BCUT2D eigenvalue weighted by molar-refractivity contribution is -0.138. The number of pyridine rings is 1. The van der Waals surface area contributed by atoms with Crippen molar-refractivity contribution >= 4 is 5.91 Å². The van der Waals surface area contributed by atoms with Gasteiger partial charge in [0.1, 0.15) is 5.82 Å². The van der Waals surface area contributed by atoms with Crippen molar-refractivity contribution in [2.45, 2.75) is 30.6 Å². The Bertz CT molecular complexity index is 1150. The SMILES string of the molecule is Cc1c(F)cccc1[C@@H]1[C@@H](c2cnn(-c3ccc(C(F)(F)F)cn3)c2)[C@]1(F)C(=O)NO. The fraction of sp³-hybridized carbons (Fsp3) is 0.250. The van der Waals surface area contributed by atoms with Gasteiger partial charge in [-0.05, 0) is 41.8 Å². The predicted octanol–water partition coefficient (Wildman–Crippen LogP) is 3.83. The number of aromatic nitrogens is 3. The van der Waals surface area contributed by atoms with E-state index in [1.165, 1.54) is 43.0 Å². The van der Waals surface area contributed by atoms with Crippen LogP contribution in [0.15, 0.2) is 48.9 Å². The Balaban J connectivity index is 1.69. The smallest absolute Gasteiger partial charge is 0.289 e. The zero-order valence-corrected chi connectivity index (χ0v) is 15.9. The van der Waals surface area contributed by atoms with Crippen LogP contribution in [0.5, 0.6) is 0 Å². The summed E-state index contributed by atoms with van der Waals surface area (Å²) in [6, 6.07) is 6.02. The number of amides is 1. The highest BCUT2D eigenvalue weighted by Gasteiger charge is 2.73. The average Bonchev–Trinajstić information content (AvgIpc) is 3.10. The summed E-state index contributed by atoms with van der Waals surface area (Å²) in [6.45, 7) is 1.45. The largest absolute Gasteiger partial charge is 0.417 e. The lowest BCUT2D eigenvalue weighted by atomic mass is 10.0. The fourth-order valence-electron chi connectivity index (χ4n) is 3.84. The molecular weight excluding hydrogens is 423 g/mol. The number of benzene rings is 1. The summed E-state index contributed by atoms with van der Waals surface area (Å²) in [5.41, 5.74) is -1.53. The summed E-state index contributed by atoms with van der Waals surface area (Å²) in [5, 5.41) is 13.0. The second-order valence-electron chi connectivity index (χ2n) is 7.24. The van der Waals surface area contributed by atoms with E-state index in [-0.39, 0.29) is 22.5 Å². The van der Waals surface area contributed by atoms with Gasteiger partial charge in [0.05, 0.1) is 11.8 Å². The van der Waals surface area contributed by atoms with Gasteiger partial charge in [-0.1, -0.05) is 12.1 Å². The number of nitrogens with zero attached hydrogens (tertiary/aromatic N) is 3. The van der Waals surface area contributed by atoms with E-state index in [2.05, 4.69) is 10.1 Å². The molecule has 0 spiro atoms. The lowest BCUT2D eigenvalue weighted by Gasteiger charge is -2.08. The van der Waals surface area contributed by atoms with Crippen molar-refractivity contribution in [3.8, 4) is 5.82 Å². The summed E-state index contributed by atoms with van der Waals surface area (Å²) < 4.78 is 68.9. The molecule has 0 bridgehead atoms. The van der Waals surface area contributed by atoms with E-state index >= 15 is 4.39 Å². The van der Waals surface area contributed by atoms with Crippen molar-refractivity contribution in [1.82, 2.24) is 20.2 Å². The highest BCUT2D eigenvalue weighted by Crippen LogP contribution is 2.66. The molecule has 0 unspecified atom stereocenters. The first-order valence-corrected chi connectivity index (χ1v) is 9.05. The third-order valence-corrected chi connectivity index (χ3v) is 5.50. The molecule has 1 aliphatic rings. The van der Waals surface area contributed by atoms with Gasteiger partial charge in [-0.3, -0.25) is 10.0 Å². The number of hydrogen-bond donors (Lipinski definition) is 2. The van der Waals surface area contributed by atoms with Crippen LogP contribution in [0.1, 0.15) is 34.1 Å². The molecule has 11 heteroatoms. The lowest BCUT2D eigenvalue weighted by Crippen LogP contribution is -2.33. The van der Waals surface area contributed by atoms with E-state index in [0.717, 1.165) is 16.8 Å². The molecule has 0 aliphatic heterocycles. The van der Waals surface area contributed by atoms with Crippen molar-refractivity contribution in [3.05, 3.63) is 77.0 Å². The monoisotopic (exact) mass is 438 g/mol. The average molecular weight is 438 g/mol. The second kappa shape index (κ2) is 7.12. The molecule has 31 heavy (non-hydrogen) atoms. The second-order valence-corrected chi connectivity index (χ2v) is 7.24. The summed E-state index contributed by atoms with van der Waals surface area (Å²) in [5.74, 6) is -3.99. The standard InChI is InChI=1S/C20H15F5N4O2/c1-10-13(3-2-4-14(10)21)17-16(19(17,22)18(30)28-31)11-7-27-29(9-11)15-6-5-12(8-26-15)20(23,24)25/h2-9,16-17,31H,1H3,(H,28,30)/t16-,17-,19-/m1/s1. The minimum Gasteiger partial charge on any atom is -0.289 e. The van der Waals surface area contributed by atoms with Crippen LogP contribution in [0.2, 0.25) is 0 Å². The van der Waals surface area contributed by atoms with E-state index in [1.54, 1.807) is 0 Å². The number of carbonyl (C=O) groups excluding carboxylic acids is 1. The Hall–Kier alpha value is -3.34. The molecule has 1 aromatic carbocycles. The van der Waals surface area contributed by atoms with Crippen LogP contribution in [0.25, 0.3) is 5.82 Å². The molecule has 2 aromatic heterocycles. The first-order valence-electron chi connectivity index (χ1n) is 9.05. The topological polar surface area (TPSA) is 80.0 Å². The molecule has 1 saturated carbocycles. The number of hydrogen-bond acceptors (Lipinski definition) is 4. The predicted molar refractivity (Wildman–Crippen MR) is 96.7 cm³/mol. The van der Waals surface area contributed by atoms with E-state index in [4.69, 9.17) is 5.21 Å². The summed E-state index contributed by atoms with van der Waals surface area (Å²) in [4.78, 5) is 15.8. The number of carbonyl (C=O) groups is 1. The van der Waals surface area contributed by atoms with Crippen LogP contribution in [0, 0.1) is 12.7 Å². The third kappa shape index (κ3) is 3.34. The maximum atomic E-state index is 15.6. The highest BCUT2D eigenvalue weighted by molar-refractivity contribution is 5.92. The van der Waals surface area contributed by atoms with Crippen LogP contribution < -0.4 is 5.48 Å². The van der Waals surface area contributed by atoms with Crippen molar-refractivity contribution in [2.24, 2.45) is 0 Å². The first kappa shape index (κ1) is 20.9. The maximum absolute atomic E-state index is 15.6. The van der Waals surface area contributed by atoms with Crippen LogP contribution >= 0.6 is 0 Å². The van der Waals surface area contributed by atoms with Crippen LogP contribution in [0.3, 0.4) is 0 Å². The zero-order chi connectivity index (χ0) is 22.6. The zero-order valence-electron chi connectivity index (χ0n) is 15.9. The van der Waals surface area contributed by atoms with Crippen LogP contribution in [-0.2, 0) is 11.0 Å². The van der Waals surface area contributed by atoms with Gasteiger partial charge in [-0.15, -0.1) is 0 Å². The minimum absolute atomic E-state index is 0.0504. The molecule has 3 atom stereocenters. The Kier molecular flexibility index (Phi) is 4.80. The number of hydroxylamine groups is 1. The van der Waals surface area contributed by atoms with E-state index < -0.39 is 41.0 Å². The summed E-state index contributed by atoms with van der Waals surface area (Å²) in [7, 11) is 0. The summed E-state index contributed by atoms with van der Waals surface area (Å²) >= 11 is 0. The molecule has 0 saturated heterocycles. The number of halogens is 5. The molecule has 1 fully saturated rings. The molecule has 3 aromatic rings. The van der Waals surface area contributed by atoms with Crippen molar-refractivity contribution in [1.29, 1.82) is 0 Å². The molecule has 0 radical (unpaired) electrons. The number of nitrogens with one attached hydrogen (secondary N) is 1. The molecule has 1 amide bonds. The van der Waals surface area contributed by atoms with Gasteiger partial charge in [0.15, 0.2) is 5.82 Å². The molecule has 6 nitrogen and oxygen atoms in total. The Labute approximate surface area is 172 Å². The third-order valence-electron chi connectivity index (χ3n) is 5.50. The quantitative estimate of drug-likeness (QED) is 0.369. The van der Waals surface area contributed by atoms with Crippen LogP contribution in [-0.4, -0.2) is 31.5 Å². The number of rotatable bonds is 4. The van der Waals surface area contributed by atoms with E-state index in [0.29, 0.717) is 6.20 Å². The van der Waals surface area contributed by atoms with Crippen molar-refractivity contribution in [3.63, 3.8) is 0 Å². The van der Waals surface area contributed by atoms with Crippen molar-refractivity contribution in [2.75, 3.05) is 0 Å². The van der Waals surface area contributed by atoms with Gasteiger partial charge in [0.25, 0.3) is 5.91 Å². The fourth-order valence-corrected chi connectivity index (χ4v) is 3.84. The van der Waals surface area contributed by atoms with Gasteiger partial charge in [-0.25, -0.2) is 23.9 Å². The van der Waals surface area contributed by atoms with Gasteiger partial charge in [0.2, 0.25) is 5.67 Å². The molecule has 2 N–H and O–H groups in total. The molecule has 162 valence electrons. The molecule has 2 heterocycles. The highest BCUT2D eigenvalue weighted by atomic mass is 19.4. The van der Waals surface area contributed by atoms with Gasteiger partial charge in [-0.2, -0.15) is 18.3 Å². The van der Waals surface area contributed by atoms with Gasteiger partial charge < -0.3 is 0 Å². The Morgan fingerprint density at radius 1 is 1.19 bits per heavy atom. The maximum Gasteiger partial charge on any atom is 0.417 e.